The van der Waals surface area contributed by atoms with Gasteiger partial charge < -0.3 is 20.1 Å². The Bertz CT molecular complexity index is 1330. The number of phenolic OH excluding ortho intramolecular Hbond substituents is 1. The van der Waals surface area contributed by atoms with Crippen LogP contribution in [0.4, 0.5) is 10.2 Å². The van der Waals surface area contributed by atoms with Crippen LogP contribution in [0.1, 0.15) is 44.1 Å². The molecule has 2 fully saturated rings. The SMILES string of the molecule is Cc1cccc(OCC2CCCCC2)c1O.Fc1ccccc1.O=CN[C@H]1CCN(c2ccc3nccn3n2)C1. The molecule has 2 aromatic carbocycles. The van der Waals surface area contributed by atoms with Gasteiger partial charge in [0, 0.05) is 31.5 Å². The number of aromatic nitrogens is 3. The van der Waals surface area contributed by atoms with E-state index >= 15 is 0 Å². The molecule has 1 aliphatic heterocycles. The first-order chi connectivity index (χ1) is 19.5. The van der Waals surface area contributed by atoms with Crippen LogP contribution in [0.25, 0.3) is 5.65 Å². The van der Waals surface area contributed by atoms with Crippen molar-refractivity contribution in [3.8, 4) is 11.5 Å². The number of fused-ring (bicyclic) bond motifs is 1. The minimum absolute atomic E-state index is 0.178. The highest BCUT2D eigenvalue weighted by Gasteiger charge is 2.23. The Morgan fingerprint density at radius 3 is 2.58 bits per heavy atom. The maximum atomic E-state index is 11.9. The fourth-order valence-corrected chi connectivity index (χ4v) is 4.90. The number of ether oxygens (including phenoxy) is 1. The summed E-state index contributed by atoms with van der Waals surface area (Å²) in [5.74, 6) is 2.34. The van der Waals surface area contributed by atoms with Crippen LogP contribution < -0.4 is 15.0 Å². The van der Waals surface area contributed by atoms with E-state index in [2.05, 4.69) is 20.3 Å². The molecule has 4 aromatic rings. The number of phenols is 1. The van der Waals surface area contributed by atoms with Crippen molar-refractivity contribution < 1.29 is 19.0 Å². The van der Waals surface area contributed by atoms with Crippen LogP contribution in [-0.4, -0.2) is 51.9 Å². The zero-order valence-corrected chi connectivity index (χ0v) is 23.0. The van der Waals surface area contributed by atoms with Gasteiger partial charge in [-0.2, -0.15) is 0 Å². The summed E-state index contributed by atoms with van der Waals surface area (Å²) in [6.45, 7) is 4.37. The number of hydrogen-bond donors (Lipinski definition) is 2. The molecule has 0 spiro atoms. The van der Waals surface area contributed by atoms with Crippen molar-refractivity contribution in [1.82, 2.24) is 19.9 Å². The van der Waals surface area contributed by atoms with Gasteiger partial charge in [-0.05, 0) is 68.0 Å². The minimum Gasteiger partial charge on any atom is -0.504 e. The van der Waals surface area contributed by atoms with Crippen molar-refractivity contribution >= 4 is 17.9 Å². The number of benzene rings is 2. The van der Waals surface area contributed by atoms with Crippen LogP contribution in [0.15, 0.2) is 73.1 Å². The van der Waals surface area contributed by atoms with E-state index in [1.165, 1.54) is 44.2 Å². The molecule has 0 radical (unpaired) electrons. The molecule has 2 N–H and O–H groups in total. The lowest BCUT2D eigenvalue weighted by atomic mass is 9.90. The summed E-state index contributed by atoms with van der Waals surface area (Å²) in [5.41, 5.74) is 1.72. The molecule has 1 saturated heterocycles. The third-order valence-electron chi connectivity index (χ3n) is 7.19. The molecular formula is C31H38FN5O3. The van der Waals surface area contributed by atoms with E-state index in [-0.39, 0.29) is 11.9 Å². The first-order valence-electron chi connectivity index (χ1n) is 13.9. The zero-order valence-electron chi connectivity index (χ0n) is 23.0. The lowest BCUT2D eigenvalue weighted by molar-refractivity contribution is -0.110. The molecule has 0 bridgehead atoms. The van der Waals surface area contributed by atoms with Gasteiger partial charge in [0.15, 0.2) is 17.1 Å². The molecule has 3 heterocycles. The van der Waals surface area contributed by atoms with Gasteiger partial charge in [-0.25, -0.2) is 13.9 Å². The lowest BCUT2D eigenvalue weighted by Crippen LogP contribution is -2.31. The summed E-state index contributed by atoms with van der Waals surface area (Å²) in [6, 6.07) is 17.7. The standard InChI is InChI=1S/C14H20O2.C11H13N5O.C6H5F/c1-11-6-5-9-13(14(11)15)16-10-12-7-3-2-4-8-12;17-8-13-9-3-5-15(7-9)11-2-1-10-12-4-6-16(10)14-11;7-6-4-2-1-3-5-6/h5-6,9,12,15H,2-4,7-8,10H2,1H3;1-2,4,6,8-9H,3,5,7H2,(H,13,17);1-5H/t;9-;/m.0./s1. The van der Waals surface area contributed by atoms with E-state index in [0.717, 1.165) is 49.6 Å². The molecular weight excluding hydrogens is 509 g/mol. The highest BCUT2D eigenvalue weighted by molar-refractivity contribution is 5.49. The molecule has 9 heteroatoms. The van der Waals surface area contributed by atoms with Crippen molar-refractivity contribution in [1.29, 1.82) is 0 Å². The molecule has 6 rings (SSSR count). The van der Waals surface area contributed by atoms with Crippen LogP contribution in [0.2, 0.25) is 0 Å². The van der Waals surface area contributed by atoms with Crippen molar-refractivity contribution in [2.24, 2.45) is 5.92 Å². The molecule has 2 aromatic heterocycles. The number of rotatable bonds is 6. The Hall–Kier alpha value is -4.14. The number of carbonyl (C=O) groups excluding carboxylic acids is 1. The predicted molar refractivity (Wildman–Crippen MR) is 154 cm³/mol. The molecule has 1 aliphatic carbocycles. The van der Waals surface area contributed by atoms with E-state index < -0.39 is 0 Å². The maximum absolute atomic E-state index is 11.9. The van der Waals surface area contributed by atoms with Gasteiger partial charge in [-0.3, -0.25) is 4.79 Å². The number of aryl methyl sites for hydroxylation is 1. The van der Waals surface area contributed by atoms with Gasteiger partial charge >= 0.3 is 0 Å². The Kier molecular flexibility index (Phi) is 10.7. The smallest absolute Gasteiger partial charge is 0.207 e. The van der Waals surface area contributed by atoms with Gasteiger partial charge in [-0.15, -0.1) is 5.10 Å². The average molecular weight is 548 g/mol. The number of para-hydroxylation sites is 1. The molecule has 212 valence electrons. The third-order valence-corrected chi connectivity index (χ3v) is 7.19. The van der Waals surface area contributed by atoms with Crippen molar-refractivity contribution in [2.75, 3.05) is 24.6 Å². The van der Waals surface area contributed by atoms with Crippen LogP contribution >= 0.6 is 0 Å². The first kappa shape index (κ1) is 28.9. The first-order valence-corrected chi connectivity index (χ1v) is 13.9. The Morgan fingerprint density at radius 2 is 1.85 bits per heavy atom. The van der Waals surface area contributed by atoms with Crippen LogP contribution in [0.5, 0.6) is 11.5 Å². The largest absolute Gasteiger partial charge is 0.504 e. The zero-order chi connectivity index (χ0) is 28.2. The number of nitrogens with one attached hydrogen (secondary N) is 1. The topological polar surface area (TPSA) is 92.0 Å². The number of carbonyl (C=O) groups is 1. The molecule has 40 heavy (non-hydrogen) atoms. The van der Waals surface area contributed by atoms with Crippen LogP contribution in [0.3, 0.4) is 0 Å². The summed E-state index contributed by atoms with van der Waals surface area (Å²) >= 11 is 0. The highest BCUT2D eigenvalue weighted by Crippen LogP contribution is 2.31. The van der Waals surface area contributed by atoms with Gasteiger partial charge in [0.1, 0.15) is 11.6 Å². The highest BCUT2D eigenvalue weighted by atomic mass is 19.1. The quantitative estimate of drug-likeness (QED) is 0.308. The maximum Gasteiger partial charge on any atom is 0.207 e. The second kappa shape index (κ2) is 14.9. The molecule has 8 nitrogen and oxygen atoms in total. The van der Waals surface area contributed by atoms with E-state index in [0.29, 0.717) is 17.4 Å². The van der Waals surface area contributed by atoms with Crippen molar-refractivity contribution in [3.63, 3.8) is 0 Å². The Labute approximate surface area is 234 Å². The Morgan fingerprint density at radius 1 is 1.05 bits per heavy atom. The normalized spacial score (nSPS) is 16.9. The number of amides is 1. The number of nitrogens with zero attached hydrogens (tertiary/aromatic N) is 4. The molecule has 1 saturated carbocycles. The summed E-state index contributed by atoms with van der Waals surface area (Å²) in [5, 5.41) is 17.1. The number of halogens is 1. The van der Waals surface area contributed by atoms with E-state index in [9.17, 15) is 14.3 Å². The predicted octanol–water partition coefficient (Wildman–Crippen LogP) is 5.54. The van der Waals surface area contributed by atoms with E-state index in [1.807, 2.05) is 43.5 Å². The number of imidazole rings is 1. The van der Waals surface area contributed by atoms with Crippen LogP contribution in [-0.2, 0) is 4.79 Å². The second-order valence-electron chi connectivity index (χ2n) is 10.2. The molecule has 2 aliphatic rings. The lowest BCUT2D eigenvalue weighted by Gasteiger charge is -2.22. The number of hydrogen-bond acceptors (Lipinski definition) is 6. The fraction of sp³-hybridized carbons (Fsp3) is 0.387. The minimum atomic E-state index is -0.178. The van der Waals surface area contributed by atoms with E-state index in [4.69, 9.17) is 4.74 Å². The second-order valence-corrected chi connectivity index (χ2v) is 10.2. The fourth-order valence-electron chi connectivity index (χ4n) is 4.90. The molecule has 0 unspecified atom stereocenters. The Balaban J connectivity index is 0.000000150. The molecule has 1 atom stereocenters. The van der Waals surface area contributed by atoms with Crippen molar-refractivity contribution in [2.45, 2.75) is 51.5 Å². The van der Waals surface area contributed by atoms with E-state index in [1.54, 1.807) is 28.9 Å². The average Bonchev–Trinajstić information content (AvgIpc) is 3.65. The summed E-state index contributed by atoms with van der Waals surface area (Å²) in [4.78, 5) is 16.7. The number of anilines is 1. The van der Waals surface area contributed by atoms with Gasteiger partial charge in [-0.1, -0.05) is 49.6 Å². The number of aromatic hydroxyl groups is 1. The summed E-state index contributed by atoms with van der Waals surface area (Å²) in [7, 11) is 0. The monoisotopic (exact) mass is 547 g/mol. The summed E-state index contributed by atoms with van der Waals surface area (Å²) < 4.78 is 19.4. The van der Waals surface area contributed by atoms with Gasteiger partial charge in [0.25, 0.3) is 0 Å². The summed E-state index contributed by atoms with van der Waals surface area (Å²) in [6.07, 6.45) is 11.8. The van der Waals surface area contributed by atoms with Gasteiger partial charge in [0.2, 0.25) is 6.41 Å². The van der Waals surface area contributed by atoms with Crippen molar-refractivity contribution in [3.05, 3.63) is 84.4 Å². The van der Waals surface area contributed by atoms with Gasteiger partial charge in [0.05, 0.1) is 6.61 Å². The van der Waals surface area contributed by atoms with Crippen LogP contribution in [0, 0.1) is 18.7 Å². The molecule has 1 amide bonds. The third kappa shape index (κ3) is 8.43.